The minimum absolute atomic E-state index is 0.0660. The number of hydrogen-bond acceptors (Lipinski definition) is 4. The molecule has 0 aromatic carbocycles. The first-order chi connectivity index (χ1) is 3.31. The fourth-order valence-electron chi connectivity index (χ4n) is 0.147. The van der Waals surface area contributed by atoms with E-state index >= 15 is 0 Å². The van der Waals surface area contributed by atoms with Crippen molar-refractivity contribution in [1.29, 1.82) is 5.41 Å². The van der Waals surface area contributed by atoms with Crippen LogP contribution in [0.15, 0.2) is 0 Å². The molecule has 0 aliphatic carbocycles. The van der Waals surface area contributed by atoms with Crippen LogP contribution in [0.4, 0.5) is 0 Å². The van der Waals surface area contributed by atoms with Crippen LogP contribution in [0, 0.1) is 5.41 Å². The van der Waals surface area contributed by atoms with Crippen molar-refractivity contribution >= 4 is 5.90 Å². The molecule has 0 atom stereocenters. The summed E-state index contributed by atoms with van der Waals surface area (Å²) in [5.41, 5.74) is 0. The fraction of sp³-hybridized carbons (Fsp3) is 0.667. The molecule has 0 aliphatic heterocycles. The Balaban J connectivity index is 3.00. The van der Waals surface area contributed by atoms with Crippen LogP contribution in [-0.2, 0) is 4.89 Å². The van der Waals surface area contributed by atoms with Crippen molar-refractivity contribution in [3.05, 3.63) is 0 Å². The summed E-state index contributed by atoms with van der Waals surface area (Å²) in [7, 11) is 0. The largest absolute Gasteiger partial charge is 0.396 e. The van der Waals surface area contributed by atoms with E-state index in [9.17, 15) is 0 Å². The average molecular weight is 105 g/mol. The molecule has 0 radical (unpaired) electrons. The van der Waals surface area contributed by atoms with Crippen LogP contribution in [-0.4, -0.2) is 22.9 Å². The molecule has 0 heterocycles. The van der Waals surface area contributed by atoms with E-state index in [2.05, 4.69) is 4.89 Å². The highest BCUT2D eigenvalue weighted by atomic mass is 17.1. The molecule has 0 aromatic rings. The summed E-state index contributed by atoms with van der Waals surface area (Å²) in [5, 5.41) is 22.2. The second-order valence-corrected chi connectivity index (χ2v) is 0.988. The molecule has 0 spiro atoms. The molecule has 4 nitrogen and oxygen atoms in total. The molecule has 0 saturated carbocycles. The Hall–Kier alpha value is -0.610. The molecule has 0 unspecified atom stereocenters. The number of nitrogens with one attached hydrogen (secondary N) is 1. The summed E-state index contributed by atoms with van der Waals surface area (Å²) in [6, 6.07) is 0. The molecule has 0 aromatic heterocycles. The van der Waals surface area contributed by atoms with Crippen molar-refractivity contribution < 1.29 is 15.3 Å². The Morgan fingerprint density at radius 1 is 1.71 bits per heavy atom. The van der Waals surface area contributed by atoms with Gasteiger partial charge >= 0.3 is 0 Å². The highest BCUT2D eigenvalue weighted by Crippen LogP contribution is 1.78. The van der Waals surface area contributed by atoms with Crippen molar-refractivity contribution in [3.8, 4) is 0 Å². The standard InChI is InChI=1S/C3H7NO3/c4-3(7-6)1-2-5/h4-6H,1-2H2. The Kier molecular flexibility index (Phi) is 3.26. The van der Waals surface area contributed by atoms with Crippen LogP contribution in [0.2, 0.25) is 0 Å². The molecule has 3 N–H and O–H groups in total. The van der Waals surface area contributed by atoms with Gasteiger partial charge in [0, 0.05) is 0 Å². The van der Waals surface area contributed by atoms with E-state index in [-0.39, 0.29) is 18.9 Å². The Bertz CT molecular complexity index is 63.2. The van der Waals surface area contributed by atoms with Gasteiger partial charge in [0.1, 0.15) is 0 Å². The van der Waals surface area contributed by atoms with Crippen molar-refractivity contribution in [2.75, 3.05) is 6.61 Å². The lowest BCUT2D eigenvalue weighted by atomic mass is 10.5. The fourth-order valence-corrected chi connectivity index (χ4v) is 0.147. The van der Waals surface area contributed by atoms with Gasteiger partial charge in [0.15, 0.2) is 0 Å². The molecule has 7 heavy (non-hydrogen) atoms. The first-order valence-electron chi connectivity index (χ1n) is 1.81. The summed E-state index contributed by atoms with van der Waals surface area (Å²) in [6.07, 6.45) is 0.0660. The van der Waals surface area contributed by atoms with Gasteiger partial charge in [0.2, 0.25) is 5.90 Å². The highest BCUT2D eigenvalue weighted by molar-refractivity contribution is 5.71. The van der Waals surface area contributed by atoms with E-state index in [4.69, 9.17) is 15.8 Å². The second kappa shape index (κ2) is 3.58. The van der Waals surface area contributed by atoms with E-state index < -0.39 is 0 Å². The van der Waals surface area contributed by atoms with Crippen LogP contribution >= 0.6 is 0 Å². The first-order valence-corrected chi connectivity index (χ1v) is 1.81. The van der Waals surface area contributed by atoms with Crippen LogP contribution < -0.4 is 0 Å². The summed E-state index contributed by atoms with van der Waals surface area (Å²) in [5.74, 6) is -0.317. The van der Waals surface area contributed by atoms with Gasteiger partial charge in [-0.05, 0) is 0 Å². The van der Waals surface area contributed by atoms with Crippen molar-refractivity contribution in [3.63, 3.8) is 0 Å². The quantitative estimate of drug-likeness (QED) is 0.197. The van der Waals surface area contributed by atoms with Crippen molar-refractivity contribution in [2.45, 2.75) is 6.42 Å². The number of aliphatic hydroxyl groups is 1. The van der Waals surface area contributed by atoms with Gasteiger partial charge in [-0.15, -0.1) is 0 Å². The second-order valence-electron chi connectivity index (χ2n) is 0.988. The van der Waals surface area contributed by atoms with E-state index in [0.29, 0.717) is 0 Å². The van der Waals surface area contributed by atoms with Crippen LogP contribution in [0.1, 0.15) is 6.42 Å². The molecule has 42 valence electrons. The zero-order chi connectivity index (χ0) is 5.70. The lowest BCUT2D eigenvalue weighted by Crippen LogP contribution is -2.01. The van der Waals surface area contributed by atoms with Gasteiger partial charge in [-0.3, -0.25) is 5.41 Å². The van der Waals surface area contributed by atoms with Gasteiger partial charge in [-0.1, -0.05) is 0 Å². The Morgan fingerprint density at radius 2 is 2.29 bits per heavy atom. The van der Waals surface area contributed by atoms with Crippen molar-refractivity contribution in [2.24, 2.45) is 0 Å². The van der Waals surface area contributed by atoms with E-state index in [1.54, 1.807) is 0 Å². The zero-order valence-electron chi connectivity index (χ0n) is 3.72. The van der Waals surface area contributed by atoms with Crippen molar-refractivity contribution in [1.82, 2.24) is 0 Å². The van der Waals surface area contributed by atoms with Crippen LogP contribution in [0.3, 0.4) is 0 Å². The van der Waals surface area contributed by atoms with Gasteiger partial charge < -0.3 is 9.99 Å². The average Bonchev–Trinajstić information content (AvgIpc) is 1.68. The van der Waals surface area contributed by atoms with Gasteiger partial charge in [-0.2, -0.15) is 0 Å². The minimum Gasteiger partial charge on any atom is -0.396 e. The number of rotatable bonds is 2. The maximum atomic E-state index is 8.04. The summed E-state index contributed by atoms with van der Waals surface area (Å²) >= 11 is 0. The Morgan fingerprint density at radius 3 is 2.43 bits per heavy atom. The minimum atomic E-state index is -0.317. The maximum Gasteiger partial charge on any atom is 0.226 e. The zero-order valence-corrected chi connectivity index (χ0v) is 3.72. The molecule has 0 amide bonds. The SMILES string of the molecule is N=C(CCO)OO. The Labute approximate surface area is 40.8 Å². The number of aliphatic hydroxyl groups excluding tert-OH is 1. The lowest BCUT2D eigenvalue weighted by molar-refractivity contribution is -0.158. The summed E-state index contributed by atoms with van der Waals surface area (Å²) < 4.78 is 0. The molecule has 0 aliphatic rings. The highest BCUT2D eigenvalue weighted by Gasteiger charge is 1.90. The summed E-state index contributed by atoms with van der Waals surface area (Å²) in [6.45, 7) is -0.167. The molecule has 0 saturated heterocycles. The molecule has 0 fully saturated rings. The smallest absolute Gasteiger partial charge is 0.226 e. The van der Waals surface area contributed by atoms with Gasteiger partial charge in [-0.25, -0.2) is 5.26 Å². The third-order valence-electron chi connectivity index (χ3n) is 0.449. The van der Waals surface area contributed by atoms with Crippen LogP contribution in [0.5, 0.6) is 0 Å². The first kappa shape index (κ1) is 6.39. The molecular weight excluding hydrogens is 98.0 g/mol. The van der Waals surface area contributed by atoms with Crippen LogP contribution in [0.25, 0.3) is 0 Å². The van der Waals surface area contributed by atoms with Gasteiger partial charge in [0.05, 0.1) is 13.0 Å². The third kappa shape index (κ3) is 3.21. The third-order valence-corrected chi connectivity index (χ3v) is 0.449. The van der Waals surface area contributed by atoms with E-state index in [0.717, 1.165) is 0 Å². The topological polar surface area (TPSA) is 73.5 Å². The van der Waals surface area contributed by atoms with E-state index in [1.807, 2.05) is 0 Å². The monoisotopic (exact) mass is 105 g/mol. The predicted molar refractivity (Wildman–Crippen MR) is 23.1 cm³/mol. The summed E-state index contributed by atoms with van der Waals surface area (Å²) in [4.78, 5) is 3.41. The maximum absolute atomic E-state index is 8.04. The molecule has 0 bridgehead atoms. The van der Waals surface area contributed by atoms with Gasteiger partial charge in [0.25, 0.3) is 0 Å². The molecular formula is C3H7NO3. The molecule has 4 heteroatoms. The lowest BCUT2D eigenvalue weighted by Gasteiger charge is -1.91. The number of hydrogen-bond donors (Lipinski definition) is 3. The molecule has 0 rings (SSSR count). The van der Waals surface area contributed by atoms with E-state index in [1.165, 1.54) is 0 Å². The predicted octanol–water partition coefficient (Wildman–Crippen LogP) is -0.164. The normalized spacial score (nSPS) is 8.29.